The van der Waals surface area contributed by atoms with Gasteiger partial charge in [-0.05, 0) is 47.9 Å². The molecule has 0 aliphatic rings. The van der Waals surface area contributed by atoms with Gasteiger partial charge in [0.05, 0.1) is 0 Å². The fraction of sp³-hybridized carbons (Fsp3) is 0.263. The second-order valence-electron chi connectivity index (χ2n) is 5.77. The van der Waals surface area contributed by atoms with Gasteiger partial charge in [0, 0.05) is 5.69 Å². The van der Waals surface area contributed by atoms with Gasteiger partial charge in [0.25, 0.3) is 5.91 Å². The van der Waals surface area contributed by atoms with Crippen LogP contribution in [0.25, 0.3) is 0 Å². The zero-order valence-electron chi connectivity index (χ0n) is 14.2. The van der Waals surface area contributed by atoms with Crippen LogP contribution in [-0.2, 0) is 9.59 Å². The van der Waals surface area contributed by atoms with Crippen molar-refractivity contribution in [3.63, 3.8) is 0 Å². The standard InChI is InChI=1S/C19H21NO5/c1-13(2)14-3-7-16(8-4-14)24-11-18(21)20-15-5-9-17(10-6-15)25-12-19(22)23/h3-10,13H,11-12H2,1-2H3,(H,20,21)(H,22,23). The average molecular weight is 343 g/mol. The lowest BCUT2D eigenvalue weighted by Crippen LogP contribution is -2.20. The van der Waals surface area contributed by atoms with Gasteiger partial charge in [-0.15, -0.1) is 0 Å². The van der Waals surface area contributed by atoms with Crippen molar-refractivity contribution in [2.24, 2.45) is 0 Å². The number of carbonyl (C=O) groups excluding carboxylic acids is 1. The summed E-state index contributed by atoms with van der Waals surface area (Å²) < 4.78 is 10.5. The van der Waals surface area contributed by atoms with Gasteiger partial charge in [-0.3, -0.25) is 4.79 Å². The molecule has 0 unspecified atom stereocenters. The first-order valence-electron chi connectivity index (χ1n) is 7.91. The minimum absolute atomic E-state index is 0.0989. The van der Waals surface area contributed by atoms with Gasteiger partial charge < -0.3 is 19.9 Å². The highest BCUT2D eigenvalue weighted by atomic mass is 16.5. The van der Waals surface area contributed by atoms with E-state index >= 15 is 0 Å². The summed E-state index contributed by atoms with van der Waals surface area (Å²) in [5, 5.41) is 11.2. The number of aliphatic carboxylic acids is 1. The third-order valence-electron chi connectivity index (χ3n) is 3.42. The number of rotatable bonds is 8. The first kappa shape index (κ1) is 18.3. The number of amides is 1. The van der Waals surface area contributed by atoms with E-state index in [0.717, 1.165) is 0 Å². The molecule has 0 bridgehead atoms. The van der Waals surface area contributed by atoms with E-state index < -0.39 is 12.6 Å². The van der Waals surface area contributed by atoms with Crippen LogP contribution in [0.2, 0.25) is 0 Å². The summed E-state index contributed by atoms with van der Waals surface area (Å²) in [5.74, 6) is 0.168. The number of nitrogens with one attached hydrogen (secondary N) is 1. The zero-order chi connectivity index (χ0) is 18.2. The largest absolute Gasteiger partial charge is 0.484 e. The molecule has 0 heterocycles. The number of ether oxygens (including phenoxy) is 2. The lowest BCUT2D eigenvalue weighted by molar-refractivity contribution is -0.139. The maximum absolute atomic E-state index is 11.9. The van der Waals surface area contributed by atoms with Gasteiger partial charge in [-0.25, -0.2) is 4.79 Å². The fourth-order valence-corrected chi connectivity index (χ4v) is 2.07. The van der Waals surface area contributed by atoms with Crippen LogP contribution in [0, 0.1) is 0 Å². The first-order valence-corrected chi connectivity index (χ1v) is 7.91. The van der Waals surface area contributed by atoms with Gasteiger partial charge >= 0.3 is 5.97 Å². The Balaban J connectivity index is 1.80. The second-order valence-corrected chi connectivity index (χ2v) is 5.77. The van der Waals surface area contributed by atoms with Gasteiger partial charge in [0.1, 0.15) is 11.5 Å². The summed E-state index contributed by atoms with van der Waals surface area (Å²) >= 11 is 0. The van der Waals surface area contributed by atoms with Gasteiger partial charge in [-0.2, -0.15) is 0 Å². The molecule has 2 N–H and O–H groups in total. The van der Waals surface area contributed by atoms with Crippen LogP contribution in [0.5, 0.6) is 11.5 Å². The molecule has 0 radical (unpaired) electrons. The van der Waals surface area contributed by atoms with Crippen molar-refractivity contribution in [2.75, 3.05) is 18.5 Å². The Morgan fingerprint density at radius 3 is 1.96 bits per heavy atom. The third kappa shape index (κ3) is 6.18. The number of carbonyl (C=O) groups is 2. The van der Waals surface area contributed by atoms with Crippen molar-refractivity contribution < 1.29 is 24.2 Å². The van der Waals surface area contributed by atoms with Crippen LogP contribution < -0.4 is 14.8 Å². The molecular weight excluding hydrogens is 322 g/mol. The molecule has 0 atom stereocenters. The molecule has 2 aromatic rings. The SMILES string of the molecule is CC(C)c1ccc(OCC(=O)Nc2ccc(OCC(=O)O)cc2)cc1. The molecule has 1 amide bonds. The van der Waals surface area contributed by atoms with E-state index in [1.165, 1.54) is 5.56 Å². The molecule has 25 heavy (non-hydrogen) atoms. The van der Waals surface area contributed by atoms with E-state index in [9.17, 15) is 9.59 Å². The molecule has 2 aromatic carbocycles. The summed E-state index contributed by atoms with van der Waals surface area (Å²) in [7, 11) is 0. The maximum atomic E-state index is 11.9. The minimum atomic E-state index is -1.05. The van der Waals surface area contributed by atoms with E-state index in [1.54, 1.807) is 24.3 Å². The number of benzene rings is 2. The highest BCUT2D eigenvalue weighted by Crippen LogP contribution is 2.19. The fourth-order valence-electron chi connectivity index (χ4n) is 2.07. The minimum Gasteiger partial charge on any atom is -0.484 e. The molecule has 0 aromatic heterocycles. The Labute approximate surface area is 146 Å². The van der Waals surface area contributed by atoms with E-state index in [0.29, 0.717) is 23.1 Å². The number of carboxylic acid groups (broad SMARTS) is 1. The van der Waals surface area contributed by atoms with E-state index in [-0.39, 0.29) is 12.5 Å². The highest BCUT2D eigenvalue weighted by molar-refractivity contribution is 5.91. The van der Waals surface area contributed by atoms with Crippen molar-refractivity contribution in [3.8, 4) is 11.5 Å². The van der Waals surface area contributed by atoms with Crippen LogP contribution in [0.15, 0.2) is 48.5 Å². The Kier molecular flexibility index (Phi) is 6.39. The summed E-state index contributed by atoms with van der Waals surface area (Å²) in [4.78, 5) is 22.3. The van der Waals surface area contributed by atoms with Crippen molar-refractivity contribution in [3.05, 3.63) is 54.1 Å². The Morgan fingerprint density at radius 1 is 0.920 bits per heavy atom. The molecule has 0 aliphatic heterocycles. The van der Waals surface area contributed by atoms with Gasteiger partial charge in [0.15, 0.2) is 13.2 Å². The molecular formula is C19H21NO5. The van der Waals surface area contributed by atoms with Gasteiger partial charge in [-0.1, -0.05) is 26.0 Å². The predicted molar refractivity (Wildman–Crippen MR) is 94.2 cm³/mol. The summed E-state index contributed by atoms with van der Waals surface area (Å²) in [6.45, 7) is 3.72. The van der Waals surface area contributed by atoms with Crippen LogP contribution in [0.1, 0.15) is 25.3 Å². The van der Waals surface area contributed by atoms with Crippen LogP contribution in [0.4, 0.5) is 5.69 Å². The van der Waals surface area contributed by atoms with E-state index in [4.69, 9.17) is 14.6 Å². The molecule has 6 nitrogen and oxygen atoms in total. The first-order chi connectivity index (χ1) is 11.9. The second kappa shape index (κ2) is 8.73. The predicted octanol–water partition coefficient (Wildman–Crippen LogP) is 3.29. The van der Waals surface area contributed by atoms with E-state index in [2.05, 4.69) is 19.2 Å². The van der Waals surface area contributed by atoms with Crippen LogP contribution in [0.3, 0.4) is 0 Å². The van der Waals surface area contributed by atoms with E-state index in [1.807, 2.05) is 24.3 Å². The number of hydrogen-bond donors (Lipinski definition) is 2. The average Bonchev–Trinajstić information content (AvgIpc) is 2.59. The molecule has 2 rings (SSSR count). The van der Waals surface area contributed by atoms with Crippen molar-refractivity contribution in [1.29, 1.82) is 0 Å². The monoisotopic (exact) mass is 343 g/mol. The Hall–Kier alpha value is -3.02. The van der Waals surface area contributed by atoms with Gasteiger partial charge in [0.2, 0.25) is 0 Å². The lowest BCUT2D eigenvalue weighted by atomic mass is 10.0. The van der Waals surface area contributed by atoms with Crippen LogP contribution in [-0.4, -0.2) is 30.2 Å². The Bertz CT molecular complexity index is 708. The number of anilines is 1. The molecule has 0 aliphatic carbocycles. The summed E-state index contributed by atoms with van der Waals surface area (Å²) in [6.07, 6.45) is 0. The lowest BCUT2D eigenvalue weighted by Gasteiger charge is -2.10. The van der Waals surface area contributed by atoms with Crippen molar-refractivity contribution in [2.45, 2.75) is 19.8 Å². The highest BCUT2D eigenvalue weighted by Gasteiger charge is 2.06. The zero-order valence-corrected chi connectivity index (χ0v) is 14.2. The molecule has 0 saturated carbocycles. The third-order valence-corrected chi connectivity index (χ3v) is 3.42. The molecule has 0 saturated heterocycles. The topological polar surface area (TPSA) is 84.9 Å². The van der Waals surface area contributed by atoms with Crippen LogP contribution >= 0.6 is 0 Å². The summed E-state index contributed by atoms with van der Waals surface area (Å²) in [5.41, 5.74) is 1.79. The Morgan fingerprint density at radius 2 is 1.44 bits per heavy atom. The number of carboxylic acids is 1. The summed E-state index contributed by atoms with van der Waals surface area (Å²) in [6, 6.07) is 14.1. The smallest absolute Gasteiger partial charge is 0.341 e. The molecule has 0 spiro atoms. The molecule has 0 fully saturated rings. The van der Waals surface area contributed by atoms with Crippen molar-refractivity contribution in [1.82, 2.24) is 0 Å². The molecule has 132 valence electrons. The number of hydrogen-bond acceptors (Lipinski definition) is 4. The molecule has 6 heteroatoms. The normalized spacial score (nSPS) is 10.4. The quantitative estimate of drug-likeness (QED) is 0.768. The maximum Gasteiger partial charge on any atom is 0.341 e. The van der Waals surface area contributed by atoms with Crippen molar-refractivity contribution >= 4 is 17.6 Å².